The molecule has 0 unspecified atom stereocenters. The van der Waals surface area contributed by atoms with E-state index in [0.717, 1.165) is 16.3 Å². The lowest BCUT2D eigenvalue weighted by atomic mass is 10.3. The van der Waals surface area contributed by atoms with E-state index in [1.54, 1.807) is 25.2 Å². The number of fused-ring (bicyclic) bond motifs is 1. The number of sulfonamides is 1. The molecule has 0 spiro atoms. The molecular weight excluding hydrogens is 416 g/mol. The molecule has 3 aromatic rings. The van der Waals surface area contributed by atoms with Crippen LogP contribution in [-0.2, 0) is 30.7 Å². The summed E-state index contributed by atoms with van der Waals surface area (Å²) >= 11 is 0.990. The fourth-order valence-corrected chi connectivity index (χ4v) is 5.59. The summed E-state index contributed by atoms with van der Waals surface area (Å²) in [6.45, 7) is 2.02. The van der Waals surface area contributed by atoms with Gasteiger partial charge in [0.15, 0.2) is 0 Å². The Morgan fingerprint density at radius 3 is 2.48 bits per heavy atom. The summed E-state index contributed by atoms with van der Waals surface area (Å²) in [6.07, 6.45) is 0. The summed E-state index contributed by atoms with van der Waals surface area (Å²) in [5, 5.41) is 0. The lowest BCUT2D eigenvalue weighted by Crippen LogP contribution is -2.49. The summed E-state index contributed by atoms with van der Waals surface area (Å²) in [5.41, 5.74) is 0.844. The van der Waals surface area contributed by atoms with Gasteiger partial charge in [0.05, 0.1) is 11.7 Å². The molecule has 10 nitrogen and oxygen atoms in total. The van der Waals surface area contributed by atoms with E-state index < -0.39 is 10.0 Å². The number of benzene rings is 1. The highest BCUT2D eigenvalue weighted by molar-refractivity contribution is 7.89. The standard InChI is InChI=1S/C17H20N6O4S2/c1-20-12(10-15(24)21(2)17(20)25)11-22-6-8-23(9-7-22)29(26,27)14-5-3-4-13-16(14)19-28-18-13/h3-5,10H,6-9,11H2,1-2H3. The first kappa shape index (κ1) is 19.9. The molecular formula is C17H20N6O4S2. The summed E-state index contributed by atoms with van der Waals surface area (Å²) in [6, 6.07) is 6.41. The van der Waals surface area contributed by atoms with E-state index in [-0.39, 0.29) is 16.1 Å². The van der Waals surface area contributed by atoms with Gasteiger partial charge in [-0.15, -0.1) is 0 Å². The molecule has 0 saturated carbocycles. The molecule has 12 heteroatoms. The van der Waals surface area contributed by atoms with Gasteiger partial charge in [0.1, 0.15) is 15.9 Å². The Kier molecular flexibility index (Phi) is 5.11. The summed E-state index contributed by atoms with van der Waals surface area (Å²) in [5.74, 6) is 0. The van der Waals surface area contributed by atoms with Gasteiger partial charge in [-0.1, -0.05) is 6.07 Å². The van der Waals surface area contributed by atoms with Gasteiger partial charge in [-0.2, -0.15) is 13.1 Å². The number of nitrogens with zero attached hydrogens (tertiary/aromatic N) is 6. The number of piperazine rings is 1. The Balaban J connectivity index is 1.51. The predicted octanol–water partition coefficient (Wildman–Crippen LogP) is -0.405. The van der Waals surface area contributed by atoms with E-state index in [1.807, 2.05) is 4.90 Å². The van der Waals surface area contributed by atoms with E-state index in [1.165, 1.54) is 22.0 Å². The minimum atomic E-state index is -3.68. The van der Waals surface area contributed by atoms with Crippen LogP contribution in [-0.4, -0.2) is 61.7 Å². The minimum Gasteiger partial charge on any atom is -0.299 e. The molecule has 3 heterocycles. The Bertz CT molecular complexity index is 1290. The Hall–Kier alpha value is -2.41. The van der Waals surface area contributed by atoms with Crippen LogP contribution in [0.15, 0.2) is 38.8 Å². The van der Waals surface area contributed by atoms with Crippen LogP contribution in [0.25, 0.3) is 11.0 Å². The SMILES string of the molecule is Cn1c(CN2CCN(S(=O)(=O)c3cccc4nsnc34)CC2)cc(=O)n(C)c1=O. The van der Waals surface area contributed by atoms with Crippen molar-refractivity contribution in [1.29, 1.82) is 0 Å². The Morgan fingerprint density at radius 2 is 1.76 bits per heavy atom. The largest absolute Gasteiger partial charge is 0.330 e. The van der Waals surface area contributed by atoms with Gasteiger partial charge in [0.25, 0.3) is 5.56 Å². The molecule has 29 heavy (non-hydrogen) atoms. The van der Waals surface area contributed by atoms with Gasteiger partial charge >= 0.3 is 5.69 Å². The molecule has 0 atom stereocenters. The normalized spacial score (nSPS) is 16.5. The van der Waals surface area contributed by atoms with Crippen LogP contribution in [0.4, 0.5) is 0 Å². The lowest BCUT2D eigenvalue weighted by molar-refractivity contribution is 0.178. The molecule has 1 aliphatic rings. The summed E-state index contributed by atoms with van der Waals surface area (Å²) in [4.78, 5) is 26.2. The zero-order chi connectivity index (χ0) is 20.8. The molecule has 4 rings (SSSR count). The monoisotopic (exact) mass is 436 g/mol. The molecule has 1 aromatic carbocycles. The number of aromatic nitrogens is 4. The van der Waals surface area contributed by atoms with Crippen LogP contribution in [0, 0.1) is 0 Å². The molecule has 1 aliphatic heterocycles. The lowest BCUT2D eigenvalue weighted by Gasteiger charge is -2.34. The first-order valence-corrected chi connectivity index (χ1v) is 11.2. The molecule has 2 aromatic heterocycles. The molecule has 0 aliphatic carbocycles. The van der Waals surface area contributed by atoms with E-state index in [4.69, 9.17) is 0 Å². The molecule has 0 radical (unpaired) electrons. The van der Waals surface area contributed by atoms with Gasteiger partial charge in [-0.25, -0.2) is 13.2 Å². The van der Waals surface area contributed by atoms with Crippen LogP contribution in [0.3, 0.4) is 0 Å². The number of hydrogen-bond donors (Lipinski definition) is 0. The van der Waals surface area contributed by atoms with Crippen LogP contribution < -0.4 is 11.2 Å². The van der Waals surface area contributed by atoms with E-state index in [2.05, 4.69) is 8.75 Å². The van der Waals surface area contributed by atoms with E-state index in [0.29, 0.717) is 49.5 Å². The van der Waals surface area contributed by atoms with Gasteiger partial charge in [-0.3, -0.25) is 18.8 Å². The van der Waals surface area contributed by atoms with Crippen molar-refractivity contribution >= 4 is 32.8 Å². The maximum atomic E-state index is 13.1. The smallest absolute Gasteiger partial charge is 0.299 e. The number of hydrogen-bond acceptors (Lipinski definition) is 8. The Labute approximate surface area is 171 Å². The highest BCUT2D eigenvalue weighted by Gasteiger charge is 2.30. The van der Waals surface area contributed by atoms with Crippen molar-refractivity contribution in [3.05, 3.63) is 50.8 Å². The molecule has 0 N–H and O–H groups in total. The third-order valence-electron chi connectivity index (χ3n) is 5.21. The molecule has 1 fully saturated rings. The van der Waals surface area contributed by atoms with E-state index in [9.17, 15) is 18.0 Å². The number of rotatable bonds is 4. The van der Waals surface area contributed by atoms with Gasteiger partial charge in [0, 0.05) is 58.6 Å². The zero-order valence-corrected chi connectivity index (χ0v) is 17.6. The maximum Gasteiger partial charge on any atom is 0.330 e. The van der Waals surface area contributed by atoms with Crippen molar-refractivity contribution in [2.24, 2.45) is 14.1 Å². The van der Waals surface area contributed by atoms with Crippen LogP contribution >= 0.6 is 11.7 Å². The second kappa shape index (κ2) is 7.44. The highest BCUT2D eigenvalue weighted by Crippen LogP contribution is 2.25. The second-order valence-electron chi connectivity index (χ2n) is 6.94. The Morgan fingerprint density at radius 1 is 1.03 bits per heavy atom. The second-order valence-corrected chi connectivity index (χ2v) is 9.38. The maximum absolute atomic E-state index is 13.1. The van der Waals surface area contributed by atoms with Crippen LogP contribution in [0.2, 0.25) is 0 Å². The average Bonchev–Trinajstić information content (AvgIpc) is 3.19. The topological polar surface area (TPSA) is 110 Å². The van der Waals surface area contributed by atoms with Gasteiger partial charge in [-0.05, 0) is 12.1 Å². The first-order valence-electron chi connectivity index (χ1n) is 8.99. The predicted molar refractivity (Wildman–Crippen MR) is 108 cm³/mol. The van der Waals surface area contributed by atoms with Crippen molar-refractivity contribution in [3.63, 3.8) is 0 Å². The third-order valence-corrected chi connectivity index (χ3v) is 7.68. The average molecular weight is 437 g/mol. The summed E-state index contributed by atoms with van der Waals surface area (Å²) in [7, 11) is -0.613. The summed E-state index contributed by atoms with van der Waals surface area (Å²) < 4.78 is 38.4. The highest BCUT2D eigenvalue weighted by atomic mass is 32.2. The van der Waals surface area contributed by atoms with Crippen molar-refractivity contribution in [1.82, 2.24) is 27.1 Å². The van der Waals surface area contributed by atoms with E-state index >= 15 is 0 Å². The molecule has 154 valence electrons. The van der Waals surface area contributed by atoms with Crippen LogP contribution in [0.5, 0.6) is 0 Å². The third kappa shape index (κ3) is 3.52. The van der Waals surface area contributed by atoms with Crippen molar-refractivity contribution in [2.45, 2.75) is 11.4 Å². The molecule has 1 saturated heterocycles. The molecule has 0 amide bonds. The van der Waals surface area contributed by atoms with Gasteiger partial charge in [0.2, 0.25) is 10.0 Å². The minimum absolute atomic E-state index is 0.172. The van der Waals surface area contributed by atoms with Crippen molar-refractivity contribution < 1.29 is 8.42 Å². The van der Waals surface area contributed by atoms with Crippen molar-refractivity contribution in [2.75, 3.05) is 26.2 Å². The molecule has 0 bridgehead atoms. The van der Waals surface area contributed by atoms with Gasteiger partial charge < -0.3 is 0 Å². The van der Waals surface area contributed by atoms with Crippen LogP contribution in [0.1, 0.15) is 5.69 Å². The quantitative estimate of drug-likeness (QED) is 0.547. The fourth-order valence-electron chi connectivity index (χ4n) is 3.42. The fraction of sp³-hybridized carbons (Fsp3) is 0.412. The first-order chi connectivity index (χ1) is 13.8. The van der Waals surface area contributed by atoms with Crippen molar-refractivity contribution in [3.8, 4) is 0 Å². The zero-order valence-electron chi connectivity index (χ0n) is 16.0.